The third kappa shape index (κ3) is 5.27. The number of aromatic amines is 2. The van der Waals surface area contributed by atoms with Crippen LogP contribution < -0.4 is 4.74 Å². The number of hydrogen-bond acceptors (Lipinski definition) is 3. The lowest BCUT2D eigenvalue weighted by molar-refractivity contribution is 0.415. The van der Waals surface area contributed by atoms with Gasteiger partial charge in [0.2, 0.25) is 0 Å². The molecule has 0 saturated heterocycles. The average molecular weight is 591 g/mol. The fourth-order valence-corrected chi connectivity index (χ4v) is 7.35. The molecule has 0 saturated carbocycles. The second kappa shape index (κ2) is 11.6. The van der Waals surface area contributed by atoms with Crippen LogP contribution in [0.25, 0.3) is 21.8 Å². The Morgan fingerprint density at radius 3 is 1.93 bits per heavy atom. The number of benzene rings is 4. The topological polar surface area (TPSA) is 65.5 Å². The highest BCUT2D eigenvalue weighted by atomic mass is 16.5. The zero-order chi connectivity index (χ0) is 30.3. The predicted octanol–water partition coefficient (Wildman–Crippen LogP) is 8.51. The molecule has 4 aromatic carbocycles. The van der Waals surface area contributed by atoms with Gasteiger partial charge in [0.1, 0.15) is 5.75 Å². The van der Waals surface area contributed by atoms with Crippen molar-refractivity contribution in [1.29, 1.82) is 0 Å². The number of H-pyrrole nitrogens is 2. The molecule has 2 aromatic heterocycles. The van der Waals surface area contributed by atoms with E-state index >= 15 is 0 Å². The summed E-state index contributed by atoms with van der Waals surface area (Å²) >= 11 is 0. The SMILES string of the molecule is COc1ccc2c3c([nH]c2c1)C(CC(CC1=NCCc2c1[nH]c1cc(C)ccc21)c1ccc(Cc2ccccc2)cc1)=NCC3. The van der Waals surface area contributed by atoms with Gasteiger partial charge in [-0.15, -0.1) is 0 Å². The molecule has 5 heteroatoms. The van der Waals surface area contributed by atoms with Crippen molar-refractivity contribution in [2.75, 3.05) is 20.2 Å². The van der Waals surface area contributed by atoms with Crippen molar-refractivity contribution in [3.05, 3.63) is 136 Å². The van der Waals surface area contributed by atoms with Gasteiger partial charge in [0, 0.05) is 41.0 Å². The van der Waals surface area contributed by atoms with E-state index in [0.717, 1.165) is 62.2 Å². The van der Waals surface area contributed by atoms with Crippen LogP contribution >= 0.6 is 0 Å². The molecule has 5 nitrogen and oxygen atoms in total. The van der Waals surface area contributed by atoms with Gasteiger partial charge in [0.15, 0.2) is 0 Å². The van der Waals surface area contributed by atoms with Crippen LogP contribution in [-0.4, -0.2) is 41.6 Å². The number of nitrogens with zero attached hydrogens (tertiary/aromatic N) is 2. The third-order valence-electron chi connectivity index (χ3n) is 9.66. The molecule has 45 heavy (non-hydrogen) atoms. The van der Waals surface area contributed by atoms with E-state index in [-0.39, 0.29) is 5.92 Å². The summed E-state index contributed by atoms with van der Waals surface area (Å²) in [4.78, 5) is 17.8. The fourth-order valence-electron chi connectivity index (χ4n) is 7.35. The fraction of sp³-hybridized carbons (Fsp3) is 0.250. The van der Waals surface area contributed by atoms with Crippen LogP contribution in [0.4, 0.5) is 0 Å². The van der Waals surface area contributed by atoms with Crippen LogP contribution in [0.15, 0.2) is 101 Å². The predicted molar refractivity (Wildman–Crippen MR) is 186 cm³/mol. The molecule has 0 fully saturated rings. The monoisotopic (exact) mass is 590 g/mol. The van der Waals surface area contributed by atoms with Gasteiger partial charge in [-0.25, -0.2) is 0 Å². The van der Waals surface area contributed by atoms with Crippen LogP contribution in [-0.2, 0) is 19.3 Å². The van der Waals surface area contributed by atoms with Gasteiger partial charge < -0.3 is 14.7 Å². The van der Waals surface area contributed by atoms with Crippen molar-refractivity contribution in [2.24, 2.45) is 9.98 Å². The van der Waals surface area contributed by atoms with E-state index < -0.39 is 0 Å². The lowest BCUT2D eigenvalue weighted by Crippen LogP contribution is -2.20. The summed E-state index contributed by atoms with van der Waals surface area (Å²) in [7, 11) is 1.72. The highest BCUT2D eigenvalue weighted by Gasteiger charge is 2.27. The van der Waals surface area contributed by atoms with E-state index in [1.165, 1.54) is 66.8 Å². The number of ether oxygens (including phenoxy) is 1. The summed E-state index contributed by atoms with van der Waals surface area (Å²) in [6.07, 6.45) is 4.58. The Morgan fingerprint density at radius 2 is 1.29 bits per heavy atom. The Labute approximate surface area is 264 Å². The Kier molecular flexibility index (Phi) is 7.09. The first-order valence-electron chi connectivity index (χ1n) is 16.1. The molecule has 1 atom stereocenters. The van der Waals surface area contributed by atoms with E-state index in [2.05, 4.69) is 108 Å². The molecule has 0 bridgehead atoms. The standard InChI is InChI=1S/C40H38N4O/c1-25-8-14-31-33-16-18-41-37(39(33)43-35(31)20-25)22-29(28-11-9-27(10-12-28)21-26-6-4-3-5-7-26)23-38-40-34(17-19-42-38)32-15-13-30(45-2)24-36(32)44-40/h3-15,20,24,29,43-44H,16-19,21-23H2,1-2H3. The van der Waals surface area contributed by atoms with Crippen LogP contribution in [0.1, 0.15) is 63.5 Å². The smallest absolute Gasteiger partial charge is 0.120 e. The zero-order valence-electron chi connectivity index (χ0n) is 26.0. The van der Waals surface area contributed by atoms with Crippen LogP contribution in [0.2, 0.25) is 0 Å². The van der Waals surface area contributed by atoms with E-state index in [9.17, 15) is 0 Å². The largest absolute Gasteiger partial charge is 0.497 e. The summed E-state index contributed by atoms with van der Waals surface area (Å²) < 4.78 is 5.53. The molecular formula is C40H38N4O. The van der Waals surface area contributed by atoms with Gasteiger partial charge in [-0.1, -0.05) is 66.7 Å². The second-order valence-electron chi connectivity index (χ2n) is 12.6. The van der Waals surface area contributed by atoms with Gasteiger partial charge >= 0.3 is 0 Å². The Hall–Kier alpha value is -4.90. The van der Waals surface area contributed by atoms with Crippen molar-refractivity contribution in [3.63, 3.8) is 0 Å². The minimum absolute atomic E-state index is 0.235. The van der Waals surface area contributed by atoms with E-state index in [0.29, 0.717) is 0 Å². The molecule has 0 aliphatic carbocycles. The van der Waals surface area contributed by atoms with Crippen LogP contribution in [0.5, 0.6) is 5.75 Å². The number of fused-ring (bicyclic) bond motifs is 6. The maximum Gasteiger partial charge on any atom is 0.120 e. The van der Waals surface area contributed by atoms with Gasteiger partial charge in [-0.2, -0.15) is 0 Å². The van der Waals surface area contributed by atoms with Crippen molar-refractivity contribution in [1.82, 2.24) is 9.97 Å². The van der Waals surface area contributed by atoms with Crippen molar-refractivity contribution >= 4 is 33.2 Å². The minimum atomic E-state index is 0.235. The number of rotatable bonds is 8. The zero-order valence-corrected chi connectivity index (χ0v) is 26.0. The van der Waals surface area contributed by atoms with Gasteiger partial charge in [0.25, 0.3) is 0 Å². The molecular weight excluding hydrogens is 552 g/mol. The molecule has 8 rings (SSSR count). The first-order chi connectivity index (χ1) is 22.1. The lowest BCUT2D eigenvalue weighted by atomic mass is 9.84. The third-order valence-corrected chi connectivity index (χ3v) is 9.66. The number of aryl methyl sites for hydroxylation is 1. The maximum absolute atomic E-state index is 5.53. The normalized spacial score (nSPS) is 15.0. The van der Waals surface area contributed by atoms with Gasteiger partial charge in [-0.3, -0.25) is 9.98 Å². The Morgan fingerprint density at radius 1 is 0.689 bits per heavy atom. The Bertz CT molecular complexity index is 2080. The van der Waals surface area contributed by atoms with E-state index in [1.54, 1.807) is 7.11 Å². The minimum Gasteiger partial charge on any atom is -0.497 e. The molecule has 4 heterocycles. The number of methoxy groups -OCH3 is 1. The molecule has 0 amide bonds. The van der Waals surface area contributed by atoms with Crippen molar-refractivity contribution in [2.45, 2.75) is 44.9 Å². The Balaban J connectivity index is 1.15. The molecule has 2 aliphatic heterocycles. The molecule has 1 unspecified atom stereocenters. The first-order valence-corrected chi connectivity index (χ1v) is 16.1. The number of nitrogens with one attached hydrogen (secondary N) is 2. The van der Waals surface area contributed by atoms with Gasteiger partial charge in [0.05, 0.1) is 29.9 Å². The van der Waals surface area contributed by atoms with Gasteiger partial charge in [-0.05, 0) is 96.5 Å². The summed E-state index contributed by atoms with van der Waals surface area (Å²) in [5.74, 6) is 1.10. The molecule has 0 spiro atoms. The van der Waals surface area contributed by atoms with Crippen molar-refractivity contribution < 1.29 is 4.74 Å². The van der Waals surface area contributed by atoms with Crippen molar-refractivity contribution in [3.8, 4) is 5.75 Å². The summed E-state index contributed by atoms with van der Waals surface area (Å²) in [5.41, 5.74) is 15.1. The summed E-state index contributed by atoms with van der Waals surface area (Å²) in [6, 6.07) is 33.1. The lowest BCUT2D eigenvalue weighted by Gasteiger charge is -2.23. The second-order valence-corrected chi connectivity index (χ2v) is 12.6. The molecule has 2 N–H and O–H groups in total. The number of aliphatic imine (C=N–C) groups is 2. The average Bonchev–Trinajstić information content (AvgIpc) is 3.64. The molecule has 224 valence electrons. The van der Waals surface area contributed by atoms with E-state index in [1.807, 2.05) is 0 Å². The first kappa shape index (κ1) is 27.6. The molecule has 2 aliphatic rings. The highest BCUT2D eigenvalue weighted by molar-refractivity contribution is 6.09. The summed E-state index contributed by atoms with van der Waals surface area (Å²) in [6.45, 7) is 3.81. The van der Waals surface area contributed by atoms with E-state index in [4.69, 9.17) is 14.7 Å². The highest BCUT2D eigenvalue weighted by Crippen LogP contribution is 2.36. The number of aromatic nitrogens is 2. The van der Waals surface area contributed by atoms with Crippen LogP contribution in [0, 0.1) is 6.92 Å². The maximum atomic E-state index is 5.53. The number of hydrogen-bond donors (Lipinski definition) is 2. The summed E-state index contributed by atoms with van der Waals surface area (Å²) in [5, 5.41) is 2.61. The molecule has 6 aromatic rings. The molecule has 0 radical (unpaired) electrons. The van der Waals surface area contributed by atoms with Crippen LogP contribution in [0.3, 0.4) is 0 Å². The quantitative estimate of drug-likeness (QED) is 0.183.